The van der Waals surface area contributed by atoms with Crippen molar-refractivity contribution >= 4 is 4.58 Å². The molecule has 7 heavy (non-hydrogen) atoms. The average Bonchev–Trinajstić information content (AvgIpc) is 1.61. The van der Waals surface area contributed by atoms with Gasteiger partial charge < -0.3 is 0 Å². The zero-order chi connectivity index (χ0) is 5.70. The van der Waals surface area contributed by atoms with Gasteiger partial charge in [-0.2, -0.15) is 0 Å². The molecule has 0 spiro atoms. The van der Waals surface area contributed by atoms with Gasteiger partial charge in [-0.1, -0.05) is 0 Å². The average molecular weight is 140 g/mol. The molecule has 2 N–H and O–H groups in total. The zero-order valence-electron chi connectivity index (χ0n) is 3.85. The summed E-state index contributed by atoms with van der Waals surface area (Å²) in [6, 6.07) is 0. The first kappa shape index (κ1) is 6.82. The second-order valence-corrected chi connectivity index (χ2v) is 1.55. The molecule has 0 saturated heterocycles. The molecule has 0 radical (unpaired) electrons. The first-order valence-corrected chi connectivity index (χ1v) is 2.34. The molecule has 0 unspecified atom stereocenters. The zero-order valence-corrected chi connectivity index (χ0v) is 4.89. The second kappa shape index (κ2) is 3.99. The van der Waals surface area contributed by atoms with Crippen molar-refractivity contribution in [1.82, 2.24) is 0 Å². The predicted molar refractivity (Wildman–Crippen MR) is 28.5 cm³/mol. The molecular weight excluding hydrogens is 133 g/mol. The third-order valence-electron chi connectivity index (χ3n) is 0.384. The molecule has 0 aliphatic carbocycles. The number of allylic oxidation sites excluding steroid dienone is 2. The molecule has 0 rings (SSSR count). The molecule has 2 heteroatoms. The Hall–Kier alpha value is -0.184. The van der Waals surface area contributed by atoms with Gasteiger partial charge in [-0.3, -0.25) is 0 Å². The van der Waals surface area contributed by atoms with Crippen LogP contribution in [0.5, 0.6) is 0 Å². The van der Waals surface area contributed by atoms with Gasteiger partial charge in [0.1, 0.15) is 0 Å². The molecule has 0 aromatic heterocycles. The van der Waals surface area contributed by atoms with Crippen LogP contribution in [0.1, 0.15) is 0 Å². The van der Waals surface area contributed by atoms with E-state index in [9.17, 15) is 0 Å². The van der Waals surface area contributed by atoms with Crippen molar-refractivity contribution in [3.8, 4) is 0 Å². The summed E-state index contributed by atoms with van der Waals surface area (Å²) in [6.07, 6.45) is 5.02. The molecule has 41 valence electrons. The van der Waals surface area contributed by atoms with E-state index in [1.54, 1.807) is 18.2 Å². The Morgan fingerprint density at radius 2 is 2.29 bits per heavy atom. The van der Waals surface area contributed by atoms with Crippen molar-refractivity contribution in [3.05, 3.63) is 24.8 Å². The Kier molecular flexibility index (Phi) is 3.88. The molecule has 1 nitrogen and oxygen atoms in total. The summed E-state index contributed by atoms with van der Waals surface area (Å²) in [7, 11) is 0. The third kappa shape index (κ3) is 5.82. The summed E-state index contributed by atoms with van der Waals surface area (Å²) in [5, 5.41) is 0. The van der Waals surface area contributed by atoms with Gasteiger partial charge >= 0.3 is 50.4 Å². The number of hydrogen-bond acceptors (Lipinski definition) is 1. The summed E-state index contributed by atoms with van der Waals surface area (Å²) >= 11 is 3.84. The maximum atomic E-state index is 5.12. The van der Waals surface area contributed by atoms with Gasteiger partial charge in [0.25, 0.3) is 0 Å². The van der Waals surface area contributed by atoms with Gasteiger partial charge in [0.2, 0.25) is 0 Å². The molecule has 0 bridgehead atoms. The van der Waals surface area contributed by atoms with Gasteiger partial charge in [-0.15, -0.1) is 0 Å². The van der Waals surface area contributed by atoms with E-state index in [4.69, 9.17) is 5.73 Å². The van der Waals surface area contributed by atoms with Crippen molar-refractivity contribution in [1.29, 1.82) is 0 Å². The number of hydrogen-bond donors (Lipinski definition) is 1. The summed E-state index contributed by atoms with van der Waals surface area (Å²) in [6.45, 7) is 3.44. The van der Waals surface area contributed by atoms with E-state index in [0.29, 0.717) is 4.58 Å². The fraction of sp³-hybridized carbons (Fsp3) is 0. The van der Waals surface area contributed by atoms with Gasteiger partial charge in [0.05, 0.1) is 0 Å². The quantitative estimate of drug-likeness (QED) is 0.550. The number of nitrogens with two attached hydrogens (primary N) is 1. The molecular formula is C5H7CoN. The summed E-state index contributed by atoms with van der Waals surface area (Å²) in [5.74, 6) is 0. The predicted octanol–water partition coefficient (Wildman–Crippen LogP) is 0.364. The van der Waals surface area contributed by atoms with Crippen molar-refractivity contribution in [2.24, 2.45) is 5.73 Å². The van der Waals surface area contributed by atoms with Crippen molar-refractivity contribution in [2.45, 2.75) is 0 Å². The van der Waals surface area contributed by atoms with Crippen LogP contribution in [-0.4, -0.2) is 4.58 Å². The molecule has 0 aromatic carbocycles. The maximum absolute atomic E-state index is 5.12. The van der Waals surface area contributed by atoms with E-state index < -0.39 is 0 Å². The Balaban J connectivity index is 3.46. The normalized spacial score (nSPS) is 9.43. The van der Waals surface area contributed by atoms with E-state index in [1.165, 1.54) is 0 Å². The van der Waals surface area contributed by atoms with Gasteiger partial charge in [-0.25, -0.2) is 0 Å². The van der Waals surface area contributed by atoms with Crippen molar-refractivity contribution < 1.29 is 15.3 Å². The van der Waals surface area contributed by atoms with E-state index in [0.717, 1.165) is 0 Å². The first-order valence-electron chi connectivity index (χ1n) is 1.82. The molecule has 0 saturated carbocycles. The third-order valence-corrected chi connectivity index (χ3v) is 0.558. The minimum atomic E-state index is 0.493. The standard InChI is InChI=1S/C5H7N.Co/c1-2-3-4-5-6;/h2-4H,1,6H2;/b4-3-;. The Bertz CT molecular complexity index is 105. The number of rotatable bonds is 2. The van der Waals surface area contributed by atoms with Crippen LogP contribution in [0.15, 0.2) is 24.8 Å². The summed E-state index contributed by atoms with van der Waals surface area (Å²) in [5.41, 5.74) is 5.12. The van der Waals surface area contributed by atoms with E-state index >= 15 is 0 Å². The summed E-state index contributed by atoms with van der Waals surface area (Å²) < 4.78 is 0.493. The van der Waals surface area contributed by atoms with Crippen molar-refractivity contribution in [3.63, 3.8) is 0 Å². The van der Waals surface area contributed by atoms with E-state index in [-0.39, 0.29) is 0 Å². The van der Waals surface area contributed by atoms with E-state index in [1.807, 2.05) is 0 Å². The fourth-order valence-electron chi connectivity index (χ4n) is 0.156. The first-order chi connectivity index (χ1) is 3.27. The Morgan fingerprint density at radius 1 is 1.71 bits per heavy atom. The SMILES string of the molecule is C=C/C=C\[C](N)=[Co]. The van der Waals surface area contributed by atoms with Crippen LogP contribution in [0.2, 0.25) is 0 Å². The second-order valence-electron chi connectivity index (χ2n) is 0.954. The molecule has 0 heterocycles. The minimum absolute atomic E-state index is 0.493. The van der Waals surface area contributed by atoms with Crippen LogP contribution in [0.3, 0.4) is 0 Å². The molecule has 0 aliphatic rings. The van der Waals surface area contributed by atoms with Crippen LogP contribution < -0.4 is 5.73 Å². The molecule has 0 amide bonds. The van der Waals surface area contributed by atoms with Gasteiger partial charge in [-0.05, 0) is 0 Å². The van der Waals surface area contributed by atoms with Gasteiger partial charge in [0.15, 0.2) is 0 Å². The summed E-state index contributed by atoms with van der Waals surface area (Å²) in [4.78, 5) is 0. The topological polar surface area (TPSA) is 26.0 Å². The van der Waals surface area contributed by atoms with Crippen LogP contribution >= 0.6 is 0 Å². The molecule has 0 atom stereocenters. The van der Waals surface area contributed by atoms with Crippen molar-refractivity contribution in [2.75, 3.05) is 0 Å². The molecule has 0 aliphatic heterocycles. The Morgan fingerprint density at radius 3 is 2.43 bits per heavy atom. The molecule has 0 aromatic rings. The van der Waals surface area contributed by atoms with Crippen LogP contribution in [-0.2, 0) is 15.3 Å². The fourth-order valence-corrected chi connectivity index (χ4v) is 0.256. The van der Waals surface area contributed by atoms with Crippen LogP contribution in [0.25, 0.3) is 0 Å². The van der Waals surface area contributed by atoms with Crippen LogP contribution in [0.4, 0.5) is 0 Å². The monoisotopic (exact) mass is 140 g/mol. The Labute approximate surface area is 51.0 Å². The van der Waals surface area contributed by atoms with Gasteiger partial charge in [0, 0.05) is 0 Å². The van der Waals surface area contributed by atoms with E-state index in [2.05, 4.69) is 21.9 Å². The molecule has 0 fully saturated rings. The van der Waals surface area contributed by atoms with Crippen LogP contribution in [0, 0.1) is 0 Å².